The van der Waals surface area contributed by atoms with Crippen molar-refractivity contribution in [3.8, 4) is 5.75 Å². The first kappa shape index (κ1) is 21.2. The summed E-state index contributed by atoms with van der Waals surface area (Å²) in [6.45, 7) is 4.65. The number of thioether (sulfide) groups is 1. The fourth-order valence-electron chi connectivity index (χ4n) is 3.46. The Labute approximate surface area is 176 Å². The second kappa shape index (κ2) is 9.83. The second-order valence-corrected chi connectivity index (χ2v) is 8.08. The van der Waals surface area contributed by atoms with Crippen LogP contribution in [0, 0.1) is 0 Å². The number of carbonyl (C=O) groups excluding carboxylic acids is 2. The number of carbonyl (C=O) groups is 2. The number of hydrogen-bond donors (Lipinski definition) is 0. The molecule has 1 atom stereocenters. The number of anilines is 1. The number of esters is 1. The molecule has 0 fully saturated rings. The molecule has 0 spiro atoms. The summed E-state index contributed by atoms with van der Waals surface area (Å²) in [6.07, 6.45) is 2.67. The minimum Gasteiger partial charge on any atom is -0.497 e. The first-order chi connectivity index (χ1) is 14.1. The minimum absolute atomic E-state index is 0.103. The van der Waals surface area contributed by atoms with Crippen molar-refractivity contribution in [2.75, 3.05) is 25.2 Å². The van der Waals surface area contributed by atoms with Crippen molar-refractivity contribution >= 4 is 29.3 Å². The van der Waals surface area contributed by atoms with Crippen molar-refractivity contribution in [3.63, 3.8) is 0 Å². The highest BCUT2D eigenvalue weighted by molar-refractivity contribution is 8.01. The molecule has 1 unspecified atom stereocenters. The molecule has 154 valence electrons. The molecule has 0 saturated carbocycles. The van der Waals surface area contributed by atoms with Gasteiger partial charge < -0.3 is 14.4 Å². The van der Waals surface area contributed by atoms with Crippen LogP contribution in [-0.2, 0) is 16.0 Å². The van der Waals surface area contributed by atoms with E-state index in [0.717, 1.165) is 35.6 Å². The van der Waals surface area contributed by atoms with Crippen molar-refractivity contribution in [1.82, 2.24) is 0 Å². The standard InChI is InChI=1S/C23H27NO4S/c1-4-24-19-15-17(23(26)28-5-2)11-14-20(19)29-21(22(24)25)8-6-7-16-9-12-18(27-3)13-10-16/h9-15,21H,4-8H2,1-3H3. The van der Waals surface area contributed by atoms with Gasteiger partial charge in [-0.3, -0.25) is 4.79 Å². The van der Waals surface area contributed by atoms with Crippen molar-refractivity contribution in [3.05, 3.63) is 53.6 Å². The van der Waals surface area contributed by atoms with Gasteiger partial charge in [0.1, 0.15) is 5.75 Å². The summed E-state index contributed by atoms with van der Waals surface area (Å²) in [5.74, 6) is 0.607. The predicted octanol–water partition coefficient (Wildman–Crippen LogP) is 4.72. The van der Waals surface area contributed by atoms with E-state index >= 15 is 0 Å². The summed E-state index contributed by atoms with van der Waals surface area (Å²) in [5, 5.41) is -0.103. The molecule has 0 N–H and O–H groups in total. The second-order valence-electron chi connectivity index (χ2n) is 6.83. The number of hydrogen-bond acceptors (Lipinski definition) is 5. The summed E-state index contributed by atoms with van der Waals surface area (Å²) < 4.78 is 10.3. The lowest BCUT2D eigenvalue weighted by Crippen LogP contribution is -2.41. The van der Waals surface area contributed by atoms with E-state index in [2.05, 4.69) is 12.1 Å². The molecule has 0 saturated heterocycles. The Bertz CT molecular complexity index is 866. The van der Waals surface area contributed by atoms with Gasteiger partial charge >= 0.3 is 5.97 Å². The highest BCUT2D eigenvalue weighted by Gasteiger charge is 2.33. The Kier molecular flexibility index (Phi) is 7.20. The van der Waals surface area contributed by atoms with Crippen molar-refractivity contribution < 1.29 is 19.1 Å². The molecule has 1 aliphatic rings. The van der Waals surface area contributed by atoms with Gasteiger partial charge in [-0.05, 0) is 69.0 Å². The van der Waals surface area contributed by atoms with Gasteiger partial charge in [0.2, 0.25) is 5.91 Å². The monoisotopic (exact) mass is 413 g/mol. The van der Waals surface area contributed by atoms with Crippen LogP contribution in [0.25, 0.3) is 0 Å². The van der Waals surface area contributed by atoms with Gasteiger partial charge in [0, 0.05) is 11.4 Å². The van der Waals surface area contributed by atoms with Gasteiger partial charge in [0.25, 0.3) is 0 Å². The summed E-state index contributed by atoms with van der Waals surface area (Å²) in [7, 11) is 1.66. The molecule has 6 heteroatoms. The number of nitrogens with zero attached hydrogens (tertiary/aromatic N) is 1. The third-order valence-corrected chi connectivity index (χ3v) is 6.30. The molecular weight excluding hydrogens is 386 g/mol. The molecule has 0 radical (unpaired) electrons. The summed E-state index contributed by atoms with van der Waals surface area (Å²) in [5.41, 5.74) is 2.53. The minimum atomic E-state index is -0.356. The zero-order valence-corrected chi connectivity index (χ0v) is 18.0. The molecule has 5 nitrogen and oxygen atoms in total. The maximum atomic E-state index is 13.0. The number of aryl methyl sites for hydroxylation is 1. The quantitative estimate of drug-likeness (QED) is 0.586. The molecular formula is C23H27NO4S. The van der Waals surface area contributed by atoms with Gasteiger partial charge in [-0.2, -0.15) is 0 Å². The molecule has 1 heterocycles. The number of ether oxygens (including phenoxy) is 2. The van der Waals surface area contributed by atoms with E-state index in [1.807, 2.05) is 25.1 Å². The van der Waals surface area contributed by atoms with Crippen molar-refractivity contribution in [2.24, 2.45) is 0 Å². The predicted molar refractivity (Wildman–Crippen MR) is 116 cm³/mol. The smallest absolute Gasteiger partial charge is 0.338 e. The maximum Gasteiger partial charge on any atom is 0.338 e. The third kappa shape index (κ3) is 4.93. The van der Waals surface area contributed by atoms with Crippen LogP contribution in [-0.4, -0.2) is 37.4 Å². The van der Waals surface area contributed by atoms with Gasteiger partial charge in [0.05, 0.1) is 30.2 Å². The Balaban J connectivity index is 1.68. The van der Waals surface area contributed by atoms with E-state index in [-0.39, 0.29) is 17.1 Å². The highest BCUT2D eigenvalue weighted by Crippen LogP contribution is 2.41. The van der Waals surface area contributed by atoms with E-state index in [0.29, 0.717) is 18.7 Å². The zero-order valence-electron chi connectivity index (χ0n) is 17.1. The van der Waals surface area contributed by atoms with Gasteiger partial charge in [-0.1, -0.05) is 12.1 Å². The lowest BCUT2D eigenvalue weighted by molar-refractivity contribution is -0.118. The van der Waals surface area contributed by atoms with E-state index in [1.165, 1.54) is 5.56 Å². The Morgan fingerprint density at radius 1 is 1.14 bits per heavy atom. The lowest BCUT2D eigenvalue weighted by Gasteiger charge is -2.33. The molecule has 0 aromatic heterocycles. The Morgan fingerprint density at radius 2 is 1.90 bits per heavy atom. The van der Waals surface area contributed by atoms with Crippen LogP contribution >= 0.6 is 11.8 Å². The van der Waals surface area contributed by atoms with Crippen LogP contribution in [0.15, 0.2) is 47.4 Å². The normalized spacial score (nSPS) is 15.8. The maximum absolute atomic E-state index is 13.0. The van der Waals surface area contributed by atoms with Gasteiger partial charge in [-0.25, -0.2) is 4.79 Å². The van der Waals surface area contributed by atoms with Gasteiger partial charge in [-0.15, -0.1) is 11.8 Å². The van der Waals surface area contributed by atoms with Crippen molar-refractivity contribution in [2.45, 2.75) is 43.3 Å². The first-order valence-corrected chi connectivity index (χ1v) is 10.9. The summed E-state index contributed by atoms with van der Waals surface area (Å²) in [6, 6.07) is 13.5. The summed E-state index contributed by atoms with van der Waals surface area (Å²) in [4.78, 5) is 27.9. The van der Waals surface area contributed by atoms with Crippen LogP contribution in [0.3, 0.4) is 0 Å². The van der Waals surface area contributed by atoms with E-state index in [9.17, 15) is 9.59 Å². The fourth-order valence-corrected chi connectivity index (χ4v) is 4.71. The largest absolute Gasteiger partial charge is 0.497 e. The van der Waals surface area contributed by atoms with Crippen LogP contribution in [0.2, 0.25) is 0 Å². The molecule has 1 amide bonds. The van der Waals surface area contributed by atoms with E-state index < -0.39 is 0 Å². The van der Waals surface area contributed by atoms with Crippen LogP contribution in [0.5, 0.6) is 5.75 Å². The molecule has 1 aliphatic heterocycles. The molecule has 2 aromatic carbocycles. The van der Waals surface area contributed by atoms with Crippen LogP contribution in [0.1, 0.15) is 42.6 Å². The third-order valence-electron chi connectivity index (χ3n) is 4.98. The number of rotatable bonds is 8. The summed E-state index contributed by atoms with van der Waals surface area (Å²) >= 11 is 1.60. The number of benzene rings is 2. The number of fused-ring (bicyclic) bond motifs is 1. The Morgan fingerprint density at radius 3 is 2.55 bits per heavy atom. The van der Waals surface area contributed by atoms with E-state index in [1.54, 1.807) is 42.8 Å². The molecule has 2 aromatic rings. The molecule has 29 heavy (non-hydrogen) atoms. The fraction of sp³-hybridized carbons (Fsp3) is 0.391. The lowest BCUT2D eigenvalue weighted by atomic mass is 10.1. The highest BCUT2D eigenvalue weighted by atomic mass is 32.2. The molecule has 3 rings (SSSR count). The first-order valence-electron chi connectivity index (χ1n) is 9.99. The zero-order chi connectivity index (χ0) is 20.8. The topological polar surface area (TPSA) is 55.8 Å². The van der Waals surface area contributed by atoms with E-state index in [4.69, 9.17) is 9.47 Å². The SMILES string of the molecule is CCOC(=O)c1ccc2c(c1)N(CC)C(=O)C(CCCc1ccc(OC)cc1)S2. The van der Waals surface area contributed by atoms with Crippen molar-refractivity contribution in [1.29, 1.82) is 0 Å². The Hall–Kier alpha value is -2.47. The molecule has 0 aliphatic carbocycles. The van der Waals surface area contributed by atoms with Crippen LogP contribution in [0.4, 0.5) is 5.69 Å². The average molecular weight is 414 g/mol. The number of methoxy groups -OCH3 is 1. The average Bonchev–Trinajstić information content (AvgIpc) is 2.74. The molecule has 0 bridgehead atoms. The van der Waals surface area contributed by atoms with Gasteiger partial charge in [0.15, 0.2) is 0 Å². The number of amides is 1. The van der Waals surface area contributed by atoms with Crippen LogP contribution < -0.4 is 9.64 Å².